The summed E-state index contributed by atoms with van der Waals surface area (Å²) in [5, 5.41) is 0. The van der Waals surface area contributed by atoms with Gasteiger partial charge in [-0.3, -0.25) is 0 Å². The molecular formula is C28H38F4O3. The topological polar surface area (TPSA) is 27.7 Å². The lowest BCUT2D eigenvalue weighted by atomic mass is 9.82. The van der Waals surface area contributed by atoms with Gasteiger partial charge < -0.3 is 14.2 Å². The molecule has 0 saturated heterocycles. The standard InChI is InChI=1S/C28H38F4O3/c1-7-34-22-12-10-21(11-13-22)23-14-15-24(28(32)27(23)31)35-16-17(2)8-9-18(3)19(4)25(29)26(30)20(5)33-6/h14-15,17-18,21-22H,4-5,7-13,16H2,1-3,6H3/b26-25-. The first-order chi connectivity index (χ1) is 16.6. The number of rotatable bonds is 13. The van der Waals surface area contributed by atoms with E-state index in [1.807, 2.05) is 13.8 Å². The Bertz CT molecular complexity index is 904. The van der Waals surface area contributed by atoms with Crippen molar-refractivity contribution in [3.8, 4) is 5.75 Å². The molecule has 2 unspecified atom stereocenters. The predicted octanol–water partition coefficient (Wildman–Crippen LogP) is 8.33. The fraction of sp³-hybridized carbons (Fsp3) is 0.571. The first-order valence-electron chi connectivity index (χ1n) is 12.3. The summed E-state index contributed by atoms with van der Waals surface area (Å²) in [5.74, 6) is -4.94. The molecule has 196 valence electrons. The predicted molar refractivity (Wildman–Crippen MR) is 131 cm³/mol. The van der Waals surface area contributed by atoms with E-state index < -0.39 is 29.0 Å². The molecule has 0 aromatic heterocycles. The van der Waals surface area contributed by atoms with E-state index in [1.165, 1.54) is 13.2 Å². The van der Waals surface area contributed by atoms with Gasteiger partial charge in [0.1, 0.15) is 5.76 Å². The highest BCUT2D eigenvalue weighted by Gasteiger charge is 2.27. The van der Waals surface area contributed by atoms with E-state index in [4.69, 9.17) is 9.47 Å². The van der Waals surface area contributed by atoms with Gasteiger partial charge in [-0.15, -0.1) is 0 Å². The van der Waals surface area contributed by atoms with Crippen molar-refractivity contribution in [1.82, 2.24) is 0 Å². The summed E-state index contributed by atoms with van der Waals surface area (Å²) in [6.07, 6.45) is 4.53. The fourth-order valence-electron chi connectivity index (χ4n) is 4.34. The van der Waals surface area contributed by atoms with Crippen molar-refractivity contribution in [3.63, 3.8) is 0 Å². The van der Waals surface area contributed by atoms with Crippen LogP contribution in [0.4, 0.5) is 17.6 Å². The monoisotopic (exact) mass is 498 g/mol. The highest BCUT2D eigenvalue weighted by atomic mass is 19.2. The lowest BCUT2D eigenvalue weighted by molar-refractivity contribution is 0.0325. The Morgan fingerprint density at radius 1 is 1.00 bits per heavy atom. The van der Waals surface area contributed by atoms with Crippen LogP contribution in [0.25, 0.3) is 0 Å². The summed E-state index contributed by atoms with van der Waals surface area (Å²) in [6.45, 7) is 13.4. The molecule has 0 N–H and O–H groups in total. The Morgan fingerprint density at radius 3 is 2.26 bits per heavy atom. The van der Waals surface area contributed by atoms with Crippen molar-refractivity contribution in [2.45, 2.75) is 71.3 Å². The van der Waals surface area contributed by atoms with Gasteiger partial charge in [0, 0.05) is 6.61 Å². The van der Waals surface area contributed by atoms with Gasteiger partial charge >= 0.3 is 0 Å². The van der Waals surface area contributed by atoms with Crippen molar-refractivity contribution in [2.24, 2.45) is 11.8 Å². The van der Waals surface area contributed by atoms with Gasteiger partial charge in [-0.05, 0) is 80.4 Å². The highest BCUT2D eigenvalue weighted by molar-refractivity contribution is 5.34. The third-order valence-electron chi connectivity index (χ3n) is 6.77. The summed E-state index contributed by atoms with van der Waals surface area (Å²) < 4.78 is 73.5. The number of hydrogen-bond donors (Lipinski definition) is 0. The average molecular weight is 499 g/mol. The summed E-state index contributed by atoms with van der Waals surface area (Å²) in [6, 6.07) is 3.11. The maximum absolute atomic E-state index is 14.8. The second-order valence-corrected chi connectivity index (χ2v) is 9.38. The highest BCUT2D eigenvalue weighted by Crippen LogP contribution is 2.37. The molecule has 1 aliphatic rings. The van der Waals surface area contributed by atoms with Gasteiger partial charge in [0.25, 0.3) is 0 Å². The average Bonchev–Trinajstić information content (AvgIpc) is 2.87. The summed E-state index contributed by atoms with van der Waals surface area (Å²) in [4.78, 5) is 0. The third kappa shape index (κ3) is 7.86. The van der Waals surface area contributed by atoms with Crippen molar-refractivity contribution in [3.05, 3.63) is 65.5 Å². The molecule has 1 aromatic rings. The molecule has 3 nitrogen and oxygen atoms in total. The number of methoxy groups -OCH3 is 1. The van der Waals surface area contributed by atoms with Crippen molar-refractivity contribution >= 4 is 0 Å². The number of allylic oxidation sites excluding steroid dienone is 3. The summed E-state index contributed by atoms with van der Waals surface area (Å²) in [7, 11) is 1.21. The van der Waals surface area contributed by atoms with E-state index in [9.17, 15) is 17.6 Å². The number of benzene rings is 1. The number of halogens is 4. The van der Waals surface area contributed by atoms with E-state index in [1.54, 1.807) is 13.0 Å². The zero-order valence-electron chi connectivity index (χ0n) is 21.3. The van der Waals surface area contributed by atoms with E-state index in [0.29, 0.717) is 25.0 Å². The van der Waals surface area contributed by atoms with E-state index in [0.717, 1.165) is 25.7 Å². The SMILES string of the molecule is C=C(OC)/C(F)=C(/F)C(=C)C(C)CCC(C)COc1ccc(C2CCC(OCC)CC2)c(F)c1F. The van der Waals surface area contributed by atoms with Crippen LogP contribution in [0.1, 0.15) is 70.8 Å². The minimum Gasteiger partial charge on any atom is -0.494 e. The van der Waals surface area contributed by atoms with Crippen molar-refractivity contribution in [2.75, 3.05) is 20.3 Å². The zero-order valence-corrected chi connectivity index (χ0v) is 21.3. The Hall–Kier alpha value is -2.28. The molecule has 7 heteroatoms. The van der Waals surface area contributed by atoms with Gasteiger partial charge in [-0.2, -0.15) is 8.78 Å². The van der Waals surface area contributed by atoms with Crippen LogP contribution in [-0.2, 0) is 9.47 Å². The maximum atomic E-state index is 14.8. The van der Waals surface area contributed by atoms with Crippen LogP contribution in [0, 0.1) is 23.5 Å². The minimum atomic E-state index is -1.16. The minimum absolute atomic E-state index is 0.0211. The molecular weight excluding hydrogens is 460 g/mol. The molecule has 0 amide bonds. The second kappa shape index (κ2) is 13.7. The van der Waals surface area contributed by atoms with Crippen LogP contribution in [0.5, 0.6) is 5.75 Å². The largest absolute Gasteiger partial charge is 0.494 e. The van der Waals surface area contributed by atoms with E-state index in [-0.39, 0.29) is 41.8 Å². The van der Waals surface area contributed by atoms with E-state index >= 15 is 0 Å². The Kier molecular flexibility index (Phi) is 11.3. The third-order valence-corrected chi connectivity index (χ3v) is 6.77. The molecule has 35 heavy (non-hydrogen) atoms. The Morgan fingerprint density at radius 2 is 1.66 bits per heavy atom. The van der Waals surface area contributed by atoms with Gasteiger partial charge in [-0.25, -0.2) is 8.78 Å². The lowest BCUT2D eigenvalue weighted by Crippen LogP contribution is -2.21. The summed E-state index contributed by atoms with van der Waals surface area (Å²) in [5.41, 5.74) is 0.413. The Balaban J connectivity index is 1.88. The maximum Gasteiger partial charge on any atom is 0.200 e. The molecule has 0 aliphatic heterocycles. The van der Waals surface area contributed by atoms with Crippen LogP contribution in [-0.4, -0.2) is 26.4 Å². The fourth-order valence-corrected chi connectivity index (χ4v) is 4.34. The quantitative estimate of drug-likeness (QED) is 0.155. The first kappa shape index (κ1) is 29.0. The molecule has 2 atom stereocenters. The van der Waals surface area contributed by atoms with Crippen molar-refractivity contribution < 1.29 is 31.8 Å². The molecule has 2 rings (SSSR count). The van der Waals surface area contributed by atoms with Crippen LogP contribution in [0.3, 0.4) is 0 Å². The molecule has 1 fully saturated rings. The smallest absolute Gasteiger partial charge is 0.200 e. The van der Waals surface area contributed by atoms with Gasteiger partial charge in [0.15, 0.2) is 23.2 Å². The Labute approximate surface area is 206 Å². The lowest BCUT2D eigenvalue weighted by Gasteiger charge is -2.29. The van der Waals surface area contributed by atoms with Gasteiger partial charge in [0.05, 0.1) is 19.8 Å². The number of hydrogen-bond acceptors (Lipinski definition) is 3. The van der Waals surface area contributed by atoms with Crippen molar-refractivity contribution in [1.29, 1.82) is 0 Å². The molecule has 1 aromatic carbocycles. The molecule has 1 aliphatic carbocycles. The number of ether oxygens (including phenoxy) is 3. The second-order valence-electron chi connectivity index (χ2n) is 9.38. The normalized spacial score (nSPS) is 20.6. The first-order valence-corrected chi connectivity index (χ1v) is 12.3. The molecule has 1 saturated carbocycles. The van der Waals surface area contributed by atoms with Crippen LogP contribution in [0.2, 0.25) is 0 Å². The van der Waals surface area contributed by atoms with Gasteiger partial charge in [-0.1, -0.05) is 33.1 Å². The molecule has 0 bridgehead atoms. The zero-order chi connectivity index (χ0) is 26.1. The van der Waals surface area contributed by atoms with Gasteiger partial charge in [0.2, 0.25) is 5.82 Å². The molecule has 0 radical (unpaired) electrons. The molecule has 0 heterocycles. The summed E-state index contributed by atoms with van der Waals surface area (Å²) >= 11 is 0. The van der Waals surface area contributed by atoms with Crippen LogP contribution in [0.15, 0.2) is 48.3 Å². The van der Waals surface area contributed by atoms with Crippen LogP contribution < -0.4 is 4.74 Å². The van der Waals surface area contributed by atoms with Crippen LogP contribution >= 0.6 is 0 Å². The van der Waals surface area contributed by atoms with E-state index in [2.05, 4.69) is 17.9 Å². The molecule has 0 spiro atoms.